The molecule has 3 N–H and O–H groups in total. The van der Waals surface area contributed by atoms with Crippen molar-refractivity contribution in [3.63, 3.8) is 0 Å². The standard InChI is InChI=1S/C42H54N6O7/c1-30-42(53)47(3)34(26-31-11-5-4-6-12-31)29-55-37-16-8-7-15-35(37)40(51)45-36(18-19-39(50)46(2)20-10-17-38(49)44-30)41(52)43-27-32-13-9-14-33(25-32)28-48-21-23-54-24-22-48/h4-9,11-16,25,30,34,36H,10,17-24,26-29H2,1-3H3,(H,43,52)(H,44,49)(H,45,51)/t30-,34-,36-/m0/s1. The van der Waals surface area contributed by atoms with Gasteiger partial charge in [-0.1, -0.05) is 66.7 Å². The summed E-state index contributed by atoms with van der Waals surface area (Å²) in [5.74, 6) is -1.47. The number of carbonyl (C=O) groups is 5. The van der Waals surface area contributed by atoms with Crippen molar-refractivity contribution in [1.29, 1.82) is 0 Å². The molecule has 3 aromatic carbocycles. The molecule has 0 aliphatic carbocycles. The number of ether oxygens (including phenoxy) is 2. The first-order chi connectivity index (χ1) is 26.6. The number of likely N-dealkylation sites (N-methyl/N-ethyl adjacent to an activating group) is 1. The lowest BCUT2D eigenvalue weighted by molar-refractivity contribution is -0.137. The molecule has 13 heteroatoms. The number of hydrogen-bond donors (Lipinski definition) is 3. The Morgan fingerprint density at radius 2 is 1.55 bits per heavy atom. The van der Waals surface area contributed by atoms with Gasteiger partial charge in [-0.2, -0.15) is 0 Å². The summed E-state index contributed by atoms with van der Waals surface area (Å²) in [5.41, 5.74) is 3.24. The largest absolute Gasteiger partial charge is 0.491 e. The molecule has 55 heavy (non-hydrogen) atoms. The van der Waals surface area contributed by atoms with Gasteiger partial charge >= 0.3 is 0 Å². The normalized spacial score (nSPS) is 21.5. The predicted molar refractivity (Wildman–Crippen MR) is 208 cm³/mol. The molecule has 2 aliphatic heterocycles. The Hall–Kier alpha value is -5.27. The van der Waals surface area contributed by atoms with Gasteiger partial charge in [0.2, 0.25) is 23.6 Å². The van der Waals surface area contributed by atoms with Gasteiger partial charge in [0.15, 0.2) is 0 Å². The van der Waals surface area contributed by atoms with Gasteiger partial charge in [-0.3, -0.25) is 28.9 Å². The molecule has 5 rings (SSSR count). The summed E-state index contributed by atoms with van der Waals surface area (Å²) in [6.07, 6.45) is 1.04. The highest BCUT2D eigenvalue weighted by Gasteiger charge is 2.28. The zero-order chi connectivity index (χ0) is 39.2. The Morgan fingerprint density at radius 3 is 2.33 bits per heavy atom. The van der Waals surface area contributed by atoms with Gasteiger partial charge in [-0.05, 0) is 55.0 Å². The second kappa shape index (κ2) is 20.4. The minimum Gasteiger partial charge on any atom is -0.491 e. The molecule has 294 valence electrons. The van der Waals surface area contributed by atoms with Crippen molar-refractivity contribution in [3.8, 4) is 5.75 Å². The topological polar surface area (TPSA) is 150 Å². The monoisotopic (exact) mass is 754 g/mol. The number of rotatable bonds is 7. The first-order valence-corrected chi connectivity index (χ1v) is 19.1. The van der Waals surface area contributed by atoms with E-state index in [-0.39, 0.29) is 61.4 Å². The molecule has 0 bridgehead atoms. The van der Waals surface area contributed by atoms with Gasteiger partial charge in [0, 0.05) is 59.7 Å². The van der Waals surface area contributed by atoms with Crippen LogP contribution in [-0.4, -0.2) is 116 Å². The van der Waals surface area contributed by atoms with Gasteiger partial charge in [0.05, 0.1) is 24.8 Å². The van der Waals surface area contributed by atoms with Crippen molar-refractivity contribution in [2.75, 3.05) is 53.6 Å². The average molecular weight is 755 g/mol. The number of nitrogens with one attached hydrogen (secondary N) is 3. The molecule has 13 nitrogen and oxygen atoms in total. The third kappa shape index (κ3) is 12.4. The minimum atomic E-state index is -1.03. The van der Waals surface area contributed by atoms with Crippen LogP contribution in [0.15, 0.2) is 78.9 Å². The zero-order valence-corrected chi connectivity index (χ0v) is 32.1. The number of morpholine rings is 1. The fraction of sp³-hybridized carbons (Fsp3) is 0.452. The quantitative estimate of drug-likeness (QED) is 0.334. The van der Waals surface area contributed by atoms with Crippen LogP contribution >= 0.6 is 0 Å². The Labute approximate surface area is 323 Å². The Kier molecular flexibility index (Phi) is 15.2. The van der Waals surface area contributed by atoms with Crippen LogP contribution in [0.25, 0.3) is 0 Å². The molecule has 2 aliphatic rings. The molecule has 3 atom stereocenters. The van der Waals surface area contributed by atoms with Crippen LogP contribution in [0.5, 0.6) is 5.75 Å². The van der Waals surface area contributed by atoms with Gasteiger partial charge in [-0.15, -0.1) is 0 Å². The molecule has 2 heterocycles. The van der Waals surface area contributed by atoms with E-state index in [0.29, 0.717) is 32.6 Å². The van der Waals surface area contributed by atoms with E-state index < -0.39 is 29.9 Å². The highest BCUT2D eigenvalue weighted by Crippen LogP contribution is 2.21. The van der Waals surface area contributed by atoms with Crippen LogP contribution in [0.1, 0.15) is 59.7 Å². The highest BCUT2D eigenvalue weighted by molar-refractivity contribution is 5.99. The van der Waals surface area contributed by atoms with E-state index in [9.17, 15) is 24.0 Å². The molecule has 0 aromatic heterocycles. The highest BCUT2D eigenvalue weighted by atomic mass is 16.5. The fourth-order valence-electron chi connectivity index (χ4n) is 6.75. The van der Waals surface area contributed by atoms with Crippen LogP contribution in [-0.2, 0) is 43.4 Å². The Bertz CT molecular complexity index is 1770. The van der Waals surface area contributed by atoms with Crippen LogP contribution in [0.3, 0.4) is 0 Å². The zero-order valence-electron chi connectivity index (χ0n) is 32.1. The van der Waals surface area contributed by atoms with E-state index in [4.69, 9.17) is 9.47 Å². The fourth-order valence-corrected chi connectivity index (χ4v) is 6.75. The molecule has 0 saturated carbocycles. The molecule has 0 unspecified atom stereocenters. The lowest BCUT2D eigenvalue weighted by atomic mass is 10.0. The van der Waals surface area contributed by atoms with Gasteiger partial charge in [-0.25, -0.2) is 0 Å². The number of carbonyl (C=O) groups excluding carboxylic acids is 5. The number of para-hydroxylation sites is 1. The van der Waals surface area contributed by atoms with E-state index in [1.807, 2.05) is 42.5 Å². The third-order valence-corrected chi connectivity index (χ3v) is 10.1. The summed E-state index contributed by atoms with van der Waals surface area (Å²) in [7, 11) is 3.32. The predicted octanol–water partition coefficient (Wildman–Crippen LogP) is 2.92. The Balaban J connectivity index is 1.35. The number of fused-ring (bicyclic) bond motifs is 1. The van der Waals surface area contributed by atoms with E-state index in [1.54, 1.807) is 50.2 Å². The molecule has 0 radical (unpaired) electrons. The third-order valence-electron chi connectivity index (χ3n) is 10.1. The van der Waals surface area contributed by atoms with Crippen LogP contribution in [0.4, 0.5) is 0 Å². The summed E-state index contributed by atoms with van der Waals surface area (Å²) in [5, 5.41) is 8.64. The first-order valence-electron chi connectivity index (χ1n) is 19.1. The summed E-state index contributed by atoms with van der Waals surface area (Å²) >= 11 is 0. The Morgan fingerprint density at radius 1 is 0.836 bits per heavy atom. The maximum absolute atomic E-state index is 13.9. The second-order valence-corrected chi connectivity index (χ2v) is 14.3. The van der Waals surface area contributed by atoms with Crippen molar-refractivity contribution >= 4 is 29.5 Å². The molecule has 1 fully saturated rings. The molecule has 0 spiro atoms. The van der Waals surface area contributed by atoms with Gasteiger partial charge < -0.3 is 35.2 Å². The van der Waals surface area contributed by atoms with Crippen molar-refractivity contribution in [1.82, 2.24) is 30.7 Å². The van der Waals surface area contributed by atoms with Gasteiger partial charge in [0.1, 0.15) is 24.4 Å². The van der Waals surface area contributed by atoms with Crippen LogP contribution < -0.4 is 20.7 Å². The number of hydrogen-bond acceptors (Lipinski definition) is 8. The number of nitrogens with zero attached hydrogens (tertiary/aromatic N) is 3. The first kappa shape index (κ1) is 40.9. The molecule has 5 amide bonds. The van der Waals surface area contributed by atoms with Crippen molar-refractivity contribution in [2.45, 2.75) is 70.2 Å². The smallest absolute Gasteiger partial charge is 0.255 e. The van der Waals surface area contributed by atoms with Crippen molar-refractivity contribution in [3.05, 3.63) is 101 Å². The molecular formula is C42H54N6O7. The number of benzene rings is 3. The van der Waals surface area contributed by atoms with E-state index in [1.165, 1.54) is 4.90 Å². The number of amides is 5. The summed E-state index contributed by atoms with van der Waals surface area (Å²) < 4.78 is 11.8. The lowest BCUT2D eigenvalue weighted by Crippen LogP contribution is -2.51. The molecule has 1 saturated heterocycles. The van der Waals surface area contributed by atoms with Crippen LogP contribution in [0, 0.1) is 0 Å². The average Bonchev–Trinajstić information content (AvgIpc) is 3.19. The maximum Gasteiger partial charge on any atom is 0.255 e. The van der Waals surface area contributed by atoms with E-state index >= 15 is 0 Å². The summed E-state index contributed by atoms with van der Waals surface area (Å²) in [6.45, 7) is 6.18. The van der Waals surface area contributed by atoms with E-state index in [2.05, 4.69) is 33.0 Å². The SMILES string of the molecule is C[C@@H]1NC(=O)CCCN(C)C(=O)CC[C@@H](C(=O)NCc2cccc(CN3CCOCC3)c2)NC(=O)c2ccccc2OC[C@H](Cc2ccccc2)N(C)C1=O. The van der Waals surface area contributed by atoms with Crippen molar-refractivity contribution in [2.24, 2.45) is 0 Å². The van der Waals surface area contributed by atoms with E-state index in [0.717, 1.165) is 36.3 Å². The summed E-state index contributed by atoms with van der Waals surface area (Å²) in [4.78, 5) is 72.7. The molecule has 3 aromatic rings. The van der Waals surface area contributed by atoms with Gasteiger partial charge in [0.25, 0.3) is 5.91 Å². The maximum atomic E-state index is 13.9. The molecular weight excluding hydrogens is 700 g/mol. The summed E-state index contributed by atoms with van der Waals surface area (Å²) in [6, 6.07) is 22.2. The lowest BCUT2D eigenvalue weighted by Gasteiger charge is -2.31. The minimum absolute atomic E-state index is 0.00667. The van der Waals surface area contributed by atoms with Crippen LogP contribution in [0.2, 0.25) is 0 Å². The second-order valence-electron chi connectivity index (χ2n) is 14.3. The van der Waals surface area contributed by atoms with Crippen molar-refractivity contribution < 1.29 is 33.4 Å².